The second kappa shape index (κ2) is 43.7. The van der Waals surface area contributed by atoms with E-state index in [0.717, 1.165) is 12.2 Å². The highest BCUT2D eigenvalue weighted by atomic mass is 16.5. The van der Waals surface area contributed by atoms with Crippen molar-refractivity contribution in [3.63, 3.8) is 0 Å². The third-order valence-electron chi connectivity index (χ3n) is 1.57. The molecule has 1 aromatic carbocycles. The third-order valence-corrected chi connectivity index (χ3v) is 1.57. The van der Waals surface area contributed by atoms with Crippen molar-refractivity contribution in [1.82, 2.24) is 0 Å². The second-order valence-corrected chi connectivity index (χ2v) is 3.48. The van der Waals surface area contributed by atoms with E-state index in [1.165, 1.54) is 0 Å². The van der Waals surface area contributed by atoms with Gasteiger partial charge in [-0.2, -0.15) is 0 Å². The molecule has 0 aliphatic carbocycles. The number of carbonyl (C=O) groups is 2. The fourth-order valence-corrected chi connectivity index (χ4v) is 0.787. The van der Waals surface area contributed by atoms with Crippen molar-refractivity contribution >= 4 is 11.9 Å². The highest BCUT2D eigenvalue weighted by molar-refractivity contribution is 5.81. The van der Waals surface area contributed by atoms with Crippen LogP contribution in [-0.2, 0) is 23.8 Å². The number of methoxy groups -OCH3 is 1. The number of esters is 2. The molecule has 0 aliphatic heterocycles. The number of carbonyl (C=O) groups excluding carboxylic acids is 2. The lowest BCUT2D eigenvalue weighted by molar-refractivity contribution is -0.138. The lowest BCUT2D eigenvalue weighted by atomic mass is 10.4. The van der Waals surface area contributed by atoms with Gasteiger partial charge in [0.25, 0.3) is 0 Å². The molecule has 5 heteroatoms. The number of rotatable bonds is 4. The van der Waals surface area contributed by atoms with Gasteiger partial charge in [-0.3, -0.25) is 0 Å². The molecule has 0 saturated carbocycles. The molecule has 0 aromatic heterocycles. The standard InChI is InChI=1S/C6H6.2C5H8O2.C2H6O.2C2H6/c1-2-4-6-5-3-1;2*1-3-5(6)7-4-2;1-3-2;2*1-2/h1-6H;2*3H,1,4H2,2H3;1-2H3;2*1-2H3. The van der Waals surface area contributed by atoms with Crippen molar-refractivity contribution in [3.05, 3.63) is 61.7 Å². The quantitative estimate of drug-likeness (QED) is 0.508. The summed E-state index contributed by atoms with van der Waals surface area (Å²) >= 11 is 0. The van der Waals surface area contributed by atoms with Crippen LogP contribution < -0.4 is 0 Å². The zero-order valence-corrected chi connectivity index (χ0v) is 18.5. The van der Waals surface area contributed by atoms with Crippen LogP contribution in [0.3, 0.4) is 0 Å². The SMILES string of the molecule is C=CC(=O)OCC.C=CC(=O)OCC.CC.CC.COC.c1ccccc1. The number of hydrogen-bond donors (Lipinski definition) is 0. The van der Waals surface area contributed by atoms with Crippen LogP contribution in [0.1, 0.15) is 41.5 Å². The van der Waals surface area contributed by atoms with Gasteiger partial charge in [0.15, 0.2) is 0 Å². The van der Waals surface area contributed by atoms with Crippen molar-refractivity contribution in [2.24, 2.45) is 0 Å². The molecule has 0 spiro atoms. The Bertz CT molecular complexity index is 340. The molecule has 0 saturated heterocycles. The van der Waals surface area contributed by atoms with Gasteiger partial charge in [-0.05, 0) is 13.8 Å². The summed E-state index contributed by atoms with van der Waals surface area (Å²) in [6.07, 6.45) is 2.28. The van der Waals surface area contributed by atoms with Gasteiger partial charge >= 0.3 is 11.9 Å². The highest BCUT2D eigenvalue weighted by Crippen LogP contribution is 1.80. The van der Waals surface area contributed by atoms with E-state index in [-0.39, 0.29) is 11.9 Å². The largest absolute Gasteiger partial charge is 0.463 e. The minimum Gasteiger partial charge on any atom is -0.463 e. The van der Waals surface area contributed by atoms with Crippen LogP contribution in [-0.4, -0.2) is 39.4 Å². The zero-order valence-electron chi connectivity index (χ0n) is 18.5. The van der Waals surface area contributed by atoms with E-state index in [2.05, 4.69) is 27.4 Å². The summed E-state index contributed by atoms with van der Waals surface area (Å²) in [5.41, 5.74) is 0. The predicted molar refractivity (Wildman–Crippen MR) is 116 cm³/mol. The van der Waals surface area contributed by atoms with Gasteiger partial charge in [0.1, 0.15) is 0 Å². The average molecular weight is 385 g/mol. The lowest BCUT2D eigenvalue weighted by Crippen LogP contribution is -1.97. The van der Waals surface area contributed by atoms with Crippen LogP contribution in [0.5, 0.6) is 0 Å². The summed E-state index contributed by atoms with van der Waals surface area (Å²) in [5, 5.41) is 0. The molecule has 0 heterocycles. The van der Waals surface area contributed by atoms with Crippen LogP contribution in [0.4, 0.5) is 0 Å². The Morgan fingerprint density at radius 3 is 0.963 bits per heavy atom. The van der Waals surface area contributed by atoms with Crippen LogP contribution in [0.25, 0.3) is 0 Å². The molecule has 0 aliphatic rings. The maximum Gasteiger partial charge on any atom is 0.330 e. The lowest BCUT2D eigenvalue weighted by Gasteiger charge is -1.90. The van der Waals surface area contributed by atoms with Gasteiger partial charge in [-0.15, -0.1) is 0 Å². The Morgan fingerprint density at radius 2 is 0.889 bits per heavy atom. The van der Waals surface area contributed by atoms with Gasteiger partial charge in [0.05, 0.1) is 13.2 Å². The first kappa shape index (κ1) is 35.7. The van der Waals surface area contributed by atoms with Gasteiger partial charge < -0.3 is 14.2 Å². The fraction of sp³-hybridized carbons (Fsp3) is 0.455. The van der Waals surface area contributed by atoms with E-state index in [0.29, 0.717) is 13.2 Å². The monoisotopic (exact) mass is 384 g/mol. The second-order valence-electron chi connectivity index (χ2n) is 3.48. The molecule has 0 N–H and O–H groups in total. The summed E-state index contributed by atoms with van der Waals surface area (Å²) in [6.45, 7) is 18.8. The van der Waals surface area contributed by atoms with Crippen molar-refractivity contribution in [2.45, 2.75) is 41.5 Å². The average Bonchev–Trinajstić information content (AvgIpc) is 2.74. The normalized spacial score (nSPS) is 6.81. The van der Waals surface area contributed by atoms with Gasteiger partial charge in [0, 0.05) is 26.4 Å². The number of benzene rings is 1. The van der Waals surface area contributed by atoms with Crippen molar-refractivity contribution in [1.29, 1.82) is 0 Å². The molecule has 1 aromatic rings. The van der Waals surface area contributed by atoms with Gasteiger partial charge in [0.2, 0.25) is 0 Å². The summed E-state index contributed by atoms with van der Waals surface area (Å²) in [6, 6.07) is 12.0. The van der Waals surface area contributed by atoms with E-state index in [1.807, 2.05) is 64.1 Å². The summed E-state index contributed by atoms with van der Waals surface area (Å²) < 4.78 is 13.1. The molecular formula is C22H40O5. The fourth-order valence-electron chi connectivity index (χ4n) is 0.787. The predicted octanol–water partition coefficient (Wildman–Crippen LogP) is 5.47. The maximum absolute atomic E-state index is 10.1. The molecular weight excluding hydrogens is 344 g/mol. The summed E-state index contributed by atoms with van der Waals surface area (Å²) in [5.74, 6) is -0.718. The molecule has 1 rings (SSSR count). The smallest absolute Gasteiger partial charge is 0.330 e. The number of hydrogen-bond acceptors (Lipinski definition) is 5. The van der Waals surface area contributed by atoms with Crippen LogP contribution in [0.2, 0.25) is 0 Å². The van der Waals surface area contributed by atoms with Crippen LogP contribution >= 0.6 is 0 Å². The van der Waals surface area contributed by atoms with E-state index < -0.39 is 0 Å². The third kappa shape index (κ3) is 59.5. The molecule has 0 bridgehead atoms. The summed E-state index contributed by atoms with van der Waals surface area (Å²) in [4.78, 5) is 20.1. The van der Waals surface area contributed by atoms with Crippen LogP contribution in [0, 0.1) is 0 Å². The minimum absolute atomic E-state index is 0.359. The Hall–Kier alpha value is -2.40. The first-order chi connectivity index (χ1) is 13.0. The molecule has 0 amide bonds. The molecule has 5 nitrogen and oxygen atoms in total. The molecule has 0 fully saturated rings. The number of ether oxygens (including phenoxy) is 3. The first-order valence-corrected chi connectivity index (χ1v) is 9.02. The van der Waals surface area contributed by atoms with Crippen LogP contribution in [0.15, 0.2) is 61.7 Å². The Morgan fingerprint density at radius 1 is 0.704 bits per heavy atom. The highest BCUT2D eigenvalue weighted by Gasteiger charge is 1.87. The zero-order chi connectivity index (χ0) is 22.3. The molecule has 158 valence electrons. The van der Waals surface area contributed by atoms with Gasteiger partial charge in [-0.25, -0.2) is 9.59 Å². The van der Waals surface area contributed by atoms with Crippen molar-refractivity contribution in [2.75, 3.05) is 27.4 Å². The molecule has 27 heavy (non-hydrogen) atoms. The topological polar surface area (TPSA) is 61.8 Å². The maximum atomic E-state index is 10.1. The molecule has 0 atom stereocenters. The first-order valence-electron chi connectivity index (χ1n) is 9.02. The Kier molecular flexibility index (Phi) is 57.8. The van der Waals surface area contributed by atoms with Gasteiger partial charge in [-0.1, -0.05) is 77.3 Å². The Balaban J connectivity index is -0.0000000769. The summed E-state index contributed by atoms with van der Waals surface area (Å²) in [7, 11) is 3.25. The van der Waals surface area contributed by atoms with Crippen molar-refractivity contribution < 1.29 is 23.8 Å². The Labute approximate surface area is 167 Å². The molecule has 0 radical (unpaired) electrons. The van der Waals surface area contributed by atoms with E-state index in [1.54, 1.807) is 28.1 Å². The van der Waals surface area contributed by atoms with E-state index in [4.69, 9.17) is 0 Å². The van der Waals surface area contributed by atoms with E-state index >= 15 is 0 Å². The minimum atomic E-state index is -0.359. The van der Waals surface area contributed by atoms with E-state index in [9.17, 15) is 9.59 Å². The van der Waals surface area contributed by atoms with Crippen molar-refractivity contribution in [3.8, 4) is 0 Å². The molecule has 0 unspecified atom stereocenters.